The minimum Gasteiger partial charge on any atom is -0.486 e. The van der Waals surface area contributed by atoms with E-state index in [2.05, 4.69) is 24.2 Å². The third-order valence-electron chi connectivity index (χ3n) is 2.38. The number of aromatic nitrogens is 1. The van der Waals surface area contributed by atoms with Gasteiger partial charge in [0.2, 0.25) is 0 Å². The number of nitrogens with zero attached hydrogens (tertiary/aromatic N) is 1. The molecule has 0 aliphatic heterocycles. The van der Waals surface area contributed by atoms with Gasteiger partial charge >= 0.3 is 0 Å². The summed E-state index contributed by atoms with van der Waals surface area (Å²) in [6, 6.07) is 7.43. The van der Waals surface area contributed by atoms with E-state index in [4.69, 9.17) is 10.5 Å². The van der Waals surface area contributed by atoms with Crippen LogP contribution in [-0.2, 0) is 6.61 Å². The number of benzene rings is 1. The topological polar surface area (TPSA) is 48.1 Å². The molecule has 0 amide bonds. The number of thiazole rings is 1. The van der Waals surface area contributed by atoms with E-state index in [1.165, 1.54) is 0 Å². The summed E-state index contributed by atoms with van der Waals surface area (Å²) >= 11 is 1.63. The lowest BCUT2D eigenvalue weighted by molar-refractivity contribution is 0.305. The normalized spacial score (nSPS) is 10.8. The molecule has 0 radical (unpaired) electrons. The van der Waals surface area contributed by atoms with Crippen molar-refractivity contribution in [2.45, 2.75) is 26.4 Å². The second-order valence-corrected chi connectivity index (χ2v) is 5.12. The maximum atomic E-state index is 5.68. The Hall–Kier alpha value is -1.55. The molecule has 2 rings (SSSR count). The van der Waals surface area contributed by atoms with Crippen molar-refractivity contribution >= 4 is 17.0 Å². The number of rotatable bonds is 4. The Kier molecular flexibility index (Phi) is 3.64. The molecular formula is C13H16N2OS. The molecule has 0 atom stereocenters. The van der Waals surface area contributed by atoms with Crippen molar-refractivity contribution in [3.05, 3.63) is 40.3 Å². The Morgan fingerprint density at radius 3 is 2.88 bits per heavy atom. The molecule has 0 aliphatic rings. The Balaban J connectivity index is 1.97. The quantitative estimate of drug-likeness (QED) is 0.843. The maximum Gasteiger partial charge on any atom is 0.140 e. The fourth-order valence-electron chi connectivity index (χ4n) is 1.41. The largest absolute Gasteiger partial charge is 0.486 e. The molecule has 0 saturated heterocycles. The van der Waals surface area contributed by atoms with E-state index < -0.39 is 0 Å². The van der Waals surface area contributed by atoms with Crippen LogP contribution in [0.4, 0.5) is 5.69 Å². The van der Waals surface area contributed by atoms with Gasteiger partial charge in [0.05, 0.1) is 5.69 Å². The zero-order valence-electron chi connectivity index (χ0n) is 10.0. The van der Waals surface area contributed by atoms with Crippen LogP contribution in [0.5, 0.6) is 5.75 Å². The Bertz CT molecular complexity index is 494. The molecule has 1 aromatic heterocycles. The summed E-state index contributed by atoms with van der Waals surface area (Å²) in [5, 5.41) is 3.08. The standard InChI is InChI=1S/C13H16N2OS/c1-9(2)12-8-17-13(15-12)7-16-11-5-3-4-10(14)6-11/h3-6,8-9H,7,14H2,1-2H3. The molecule has 17 heavy (non-hydrogen) atoms. The lowest BCUT2D eigenvalue weighted by Crippen LogP contribution is -1.96. The summed E-state index contributed by atoms with van der Waals surface area (Å²) in [6.45, 7) is 4.77. The summed E-state index contributed by atoms with van der Waals surface area (Å²) in [5.74, 6) is 1.25. The fraction of sp³-hybridized carbons (Fsp3) is 0.308. The number of nitrogen functional groups attached to an aromatic ring is 1. The summed E-state index contributed by atoms with van der Waals surface area (Å²) in [5.41, 5.74) is 7.52. The zero-order valence-corrected chi connectivity index (χ0v) is 10.8. The third kappa shape index (κ3) is 3.20. The monoisotopic (exact) mass is 248 g/mol. The Morgan fingerprint density at radius 2 is 2.24 bits per heavy atom. The van der Waals surface area contributed by atoms with Gasteiger partial charge in [-0.1, -0.05) is 19.9 Å². The van der Waals surface area contributed by atoms with E-state index in [0.29, 0.717) is 18.2 Å². The molecule has 0 bridgehead atoms. The molecule has 3 nitrogen and oxygen atoms in total. The average molecular weight is 248 g/mol. The zero-order chi connectivity index (χ0) is 12.3. The highest BCUT2D eigenvalue weighted by Crippen LogP contribution is 2.20. The smallest absolute Gasteiger partial charge is 0.140 e. The minimum absolute atomic E-state index is 0.465. The fourth-order valence-corrected chi connectivity index (χ4v) is 2.27. The average Bonchev–Trinajstić information content (AvgIpc) is 2.75. The first-order valence-corrected chi connectivity index (χ1v) is 6.46. The first kappa shape index (κ1) is 11.9. The highest BCUT2D eigenvalue weighted by Gasteiger charge is 2.06. The summed E-state index contributed by atoms with van der Waals surface area (Å²) in [6.07, 6.45) is 0. The molecule has 0 spiro atoms. The number of anilines is 1. The van der Waals surface area contributed by atoms with Crippen LogP contribution in [-0.4, -0.2) is 4.98 Å². The van der Waals surface area contributed by atoms with E-state index >= 15 is 0 Å². The summed E-state index contributed by atoms with van der Waals surface area (Å²) in [4.78, 5) is 4.51. The summed E-state index contributed by atoms with van der Waals surface area (Å²) < 4.78 is 5.63. The molecule has 0 unspecified atom stereocenters. The molecule has 0 saturated carbocycles. The third-order valence-corrected chi connectivity index (χ3v) is 3.22. The number of hydrogen-bond acceptors (Lipinski definition) is 4. The summed E-state index contributed by atoms with van der Waals surface area (Å²) in [7, 11) is 0. The van der Waals surface area contributed by atoms with Gasteiger partial charge in [0.15, 0.2) is 0 Å². The van der Waals surface area contributed by atoms with Gasteiger partial charge in [-0.25, -0.2) is 4.98 Å². The lowest BCUT2D eigenvalue weighted by atomic mass is 10.2. The van der Waals surface area contributed by atoms with Gasteiger partial charge in [0.25, 0.3) is 0 Å². The van der Waals surface area contributed by atoms with Crippen molar-refractivity contribution in [2.75, 3.05) is 5.73 Å². The lowest BCUT2D eigenvalue weighted by Gasteiger charge is -2.04. The van der Waals surface area contributed by atoms with Gasteiger partial charge < -0.3 is 10.5 Å². The van der Waals surface area contributed by atoms with Crippen molar-refractivity contribution < 1.29 is 4.74 Å². The van der Waals surface area contributed by atoms with Crippen molar-refractivity contribution in [1.82, 2.24) is 4.98 Å². The number of ether oxygens (including phenoxy) is 1. The van der Waals surface area contributed by atoms with Crippen LogP contribution in [0.15, 0.2) is 29.6 Å². The van der Waals surface area contributed by atoms with Gasteiger partial charge in [-0.05, 0) is 18.1 Å². The second-order valence-electron chi connectivity index (χ2n) is 4.18. The molecule has 2 aromatic rings. The van der Waals surface area contributed by atoms with Crippen molar-refractivity contribution in [2.24, 2.45) is 0 Å². The van der Waals surface area contributed by atoms with Crippen molar-refractivity contribution in [1.29, 1.82) is 0 Å². The first-order chi connectivity index (χ1) is 8.15. The molecule has 0 aliphatic carbocycles. The molecule has 1 aromatic carbocycles. The number of hydrogen-bond donors (Lipinski definition) is 1. The van der Waals surface area contributed by atoms with E-state index in [1.54, 1.807) is 11.3 Å². The molecule has 1 heterocycles. The maximum absolute atomic E-state index is 5.68. The predicted molar refractivity (Wildman–Crippen MR) is 71.4 cm³/mol. The van der Waals surface area contributed by atoms with E-state index in [9.17, 15) is 0 Å². The van der Waals surface area contributed by atoms with Crippen LogP contribution in [0, 0.1) is 0 Å². The molecule has 0 fully saturated rings. The predicted octanol–water partition coefficient (Wildman–Crippen LogP) is 3.43. The first-order valence-electron chi connectivity index (χ1n) is 5.58. The van der Waals surface area contributed by atoms with Crippen LogP contribution in [0.2, 0.25) is 0 Å². The van der Waals surface area contributed by atoms with E-state index in [0.717, 1.165) is 16.5 Å². The van der Waals surface area contributed by atoms with Gasteiger partial charge in [-0.2, -0.15) is 0 Å². The van der Waals surface area contributed by atoms with Gasteiger partial charge in [-0.3, -0.25) is 0 Å². The van der Waals surface area contributed by atoms with Gasteiger partial charge in [0, 0.05) is 17.1 Å². The highest BCUT2D eigenvalue weighted by atomic mass is 32.1. The van der Waals surface area contributed by atoms with Crippen LogP contribution < -0.4 is 10.5 Å². The molecule has 90 valence electrons. The molecule has 2 N–H and O–H groups in total. The number of nitrogens with two attached hydrogens (primary N) is 1. The van der Waals surface area contributed by atoms with Gasteiger partial charge in [0.1, 0.15) is 17.4 Å². The van der Waals surface area contributed by atoms with Crippen LogP contribution in [0.3, 0.4) is 0 Å². The second kappa shape index (κ2) is 5.19. The van der Waals surface area contributed by atoms with Crippen LogP contribution >= 0.6 is 11.3 Å². The van der Waals surface area contributed by atoms with E-state index in [-0.39, 0.29) is 0 Å². The Labute approximate surface area is 105 Å². The van der Waals surface area contributed by atoms with Crippen molar-refractivity contribution in [3.63, 3.8) is 0 Å². The highest BCUT2D eigenvalue weighted by molar-refractivity contribution is 7.09. The molecular weight excluding hydrogens is 232 g/mol. The van der Waals surface area contributed by atoms with Crippen LogP contribution in [0.25, 0.3) is 0 Å². The van der Waals surface area contributed by atoms with E-state index in [1.807, 2.05) is 24.3 Å². The SMILES string of the molecule is CC(C)c1csc(COc2cccc(N)c2)n1. The van der Waals surface area contributed by atoms with Crippen molar-refractivity contribution in [3.8, 4) is 5.75 Å². The van der Waals surface area contributed by atoms with Gasteiger partial charge in [-0.15, -0.1) is 11.3 Å². The minimum atomic E-state index is 0.465. The Morgan fingerprint density at radius 1 is 1.41 bits per heavy atom. The molecule has 4 heteroatoms. The van der Waals surface area contributed by atoms with Crippen LogP contribution in [0.1, 0.15) is 30.5 Å².